The molecule has 0 aliphatic carbocycles. The molecule has 0 amide bonds. The van der Waals surface area contributed by atoms with Crippen molar-refractivity contribution in [2.24, 2.45) is 0 Å². The maximum absolute atomic E-state index is 10.8. The fraction of sp³-hybridized carbons (Fsp3) is 0.556. The molecule has 21 heavy (non-hydrogen) atoms. The third-order valence-electron chi connectivity index (χ3n) is 4.80. The number of carbonyl (C=O) groups is 1. The second-order valence-electron chi connectivity index (χ2n) is 6.19. The summed E-state index contributed by atoms with van der Waals surface area (Å²) < 4.78 is 2.43. The van der Waals surface area contributed by atoms with Crippen molar-refractivity contribution >= 4 is 17.4 Å². The lowest BCUT2D eigenvalue weighted by Crippen LogP contribution is -2.30. The molecule has 2 rings (SSSR count). The van der Waals surface area contributed by atoms with Crippen molar-refractivity contribution in [1.82, 2.24) is 0 Å². The number of para-hydroxylation sites is 1. The minimum atomic E-state index is -0.703. The fourth-order valence-corrected chi connectivity index (χ4v) is 3.36. The molecule has 0 spiro atoms. The SMILES string of the molecule is CCCC[N+]1=C(C)C(C)(CCCC(=O)O)c2ccccc21. The van der Waals surface area contributed by atoms with Crippen molar-refractivity contribution in [2.75, 3.05) is 6.54 Å². The van der Waals surface area contributed by atoms with Gasteiger partial charge in [-0.1, -0.05) is 31.5 Å². The minimum Gasteiger partial charge on any atom is -0.481 e. The number of hydrogen-bond donors (Lipinski definition) is 1. The van der Waals surface area contributed by atoms with E-state index in [9.17, 15) is 4.79 Å². The van der Waals surface area contributed by atoms with Gasteiger partial charge in [-0.15, -0.1) is 0 Å². The lowest BCUT2D eigenvalue weighted by atomic mass is 9.76. The molecule has 114 valence electrons. The Labute approximate surface area is 127 Å². The van der Waals surface area contributed by atoms with Gasteiger partial charge in [-0.2, -0.15) is 4.58 Å². The first kappa shape index (κ1) is 15.7. The van der Waals surface area contributed by atoms with Gasteiger partial charge in [0.25, 0.3) is 0 Å². The number of hydrogen-bond acceptors (Lipinski definition) is 1. The molecule has 1 unspecified atom stereocenters. The van der Waals surface area contributed by atoms with Crippen LogP contribution in [0.5, 0.6) is 0 Å². The van der Waals surface area contributed by atoms with Gasteiger partial charge >= 0.3 is 5.97 Å². The molecule has 3 nitrogen and oxygen atoms in total. The van der Waals surface area contributed by atoms with Crippen LogP contribution in [0.15, 0.2) is 24.3 Å². The molecular weight excluding hydrogens is 262 g/mol. The van der Waals surface area contributed by atoms with E-state index in [1.165, 1.54) is 29.8 Å². The molecule has 1 aromatic carbocycles. The predicted molar refractivity (Wildman–Crippen MR) is 85.7 cm³/mol. The molecule has 3 heteroatoms. The number of fused-ring (bicyclic) bond motifs is 1. The normalized spacial score (nSPS) is 20.7. The summed E-state index contributed by atoms with van der Waals surface area (Å²) >= 11 is 0. The summed E-state index contributed by atoms with van der Waals surface area (Å²) in [5.74, 6) is -0.703. The minimum absolute atomic E-state index is 0.0280. The van der Waals surface area contributed by atoms with E-state index in [4.69, 9.17) is 5.11 Å². The van der Waals surface area contributed by atoms with Gasteiger partial charge in [0.2, 0.25) is 5.69 Å². The first-order valence-corrected chi connectivity index (χ1v) is 7.93. The molecular formula is C18H26NO2+. The van der Waals surface area contributed by atoms with Gasteiger partial charge in [-0.25, -0.2) is 0 Å². The Hall–Kier alpha value is -1.64. The Morgan fingerprint density at radius 2 is 2.00 bits per heavy atom. The van der Waals surface area contributed by atoms with E-state index in [-0.39, 0.29) is 11.8 Å². The van der Waals surface area contributed by atoms with Crippen molar-refractivity contribution in [1.29, 1.82) is 0 Å². The van der Waals surface area contributed by atoms with Gasteiger partial charge in [-0.3, -0.25) is 4.79 Å². The average Bonchev–Trinajstić information content (AvgIpc) is 2.66. The van der Waals surface area contributed by atoms with E-state index in [2.05, 4.69) is 49.6 Å². The van der Waals surface area contributed by atoms with Crippen LogP contribution in [0.2, 0.25) is 0 Å². The van der Waals surface area contributed by atoms with E-state index >= 15 is 0 Å². The quantitative estimate of drug-likeness (QED) is 0.767. The van der Waals surface area contributed by atoms with Crippen LogP contribution in [-0.4, -0.2) is 27.9 Å². The number of aliphatic carboxylic acids is 1. The summed E-state index contributed by atoms with van der Waals surface area (Å²) in [5, 5.41) is 8.88. The highest BCUT2D eigenvalue weighted by atomic mass is 16.4. The lowest BCUT2D eigenvalue weighted by molar-refractivity contribution is -0.439. The molecule has 0 saturated heterocycles. The van der Waals surface area contributed by atoms with Crippen molar-refractivity contribution < 1.29 is 14.5 Å². The lowest BCUT2D eigenvalue weighted by Gasteiger charge is -2.21. The summed E-state index contributed by atoms with van der Waals surface area (Å²) in [5.41, 5.74) is 3.99. The van der Waals surface area contributed by atoms with Gasteiger partial charge in [0, 0.05) is 31.4 Å². The molecule has 0 saturated carbocycles. The van der Waals surface area contributed by atoms with E-state index < -0.39 is 5.97 Å². The fourth-order valence-electron chi connectivity index (χ4n) is 3.36. The molecule has 0 radical (unpaired) electrons. The van der Waals surface area contributed by atoms with Crippen LogP contribution in [0.3, 0.4) is 0 Å². The molecule has 1 aromatic rings. The second kappa shape index (κ2) is 6.42. The summed E-state index contributed by atoms with van der Waals surface area (Å²) in [6, 6.07) is 8.57. The van der Waals surface area contributed by atoms with E-state index in [0.717, 1.165) is 19.4 Å². The first-order valence-electron chi connectivity index (χ1n) is 7.93. The van der Waals surface area contributed by atoms with Crippen molar-refractivity contribution in [3.8, 4) is 0 Å². The summed E-state index contributed by atoms with van der Waals surface area (Å²) in [6.07, 6.45) is 4.22. The van der Waals surface area contributed by atoms with Crippen LogP contribution in [-0.2, 0) is 10.2 Å². The number of rotatable bonds is 7. The maximum atomic E-state index is 10.8. The zero-order valence-corrected chi connectivity index (χ0v) is 13.4. The second-order valence-corrected chi connectivity index (χ2v) is 6.19. The third-order valence-corrected chi connectivity index (χ3v) is 4.80. The van der Waals surface area contributed by atoms with Crippen LogP contribution < -0.4 is 0 Å². The number of carboxylic acids is 1. The zero-order chi connectivity index (χ0) is 15.5. The molecule has 1 N–H and O–H groups in total. The molecule has 0 fully saturated rings. The standard InChI is InChI=1S/C18H25NO2/c1-4-5-13-19-14(2)18(3,12-8-11-17(20)21)15-9-6-7-10-16(15)19/h6-7,9-10H,4-5,8,11-13H2,1-3H3/p+1. The first-order chi connectivity index (χ1) is 10.0. The number of benzene rings is 1. The van der Waals surface area contributed by atoms with E-state index in [0.29, 0.717) is 0 Å². The van der Waals surface area contributed by atoms with Crippen LogP contribution >= 0.6 is 0 Å². The molecule has 1 aliphatic heterocycles. The molecule has 0 bridgehead atoms. The van der Waals surface area contributed by atoms with Crippen LogP contribution in [0.25, 0.3) is 0 Å². The largest absolute Gasteiger partial charge is 0.481 e. The molecule has 1 heterocycles. The Kier molecular flexibility index (Phi) is 4.81. The van der Waals surface area contributed by atoms with Crippen molar-refractivity contribution in [3.05, 3.63) is 29.8 Å². The van der Waals surface area contributed by atoms with Crippen LogP contribution in [0, 0.1) is 0 Å². The summed E-state index contributed by atoms with van der Waals surface area (Å²) in [7, 11) is 0. The Morgan fingerprint density at radius 1 is 1.29 bits per heavy atom. The van der Waals surface area contributed by atoms with Gasteiger partial charge in [-0.05, 0) is 19.8 Å². The summed E-state index contributed by atoms with van der Waals surface area (Å²) in [4.78, 5) is 10.8. The average molecular weight is 288 g/mol. The van der Waals surface area contributed by atoms with Gasteiger partial charge in [0.15, 0.2) is 5.71 Å². The topological polar surface area (TPSA) is 40.3 Å². The number of carboxylic acid groups (broad SMARTS) is 1. The zero-order valence-electron chi connectivity index (χ0n) is 13.4. The van der Waals surface area contributed by atoms with Crippen molar-refractivity contribution in [3.63, 3.8) is 0 Å². The summed E-state index contributed by atoms with van der Waals surface area (Å²) in [6.45, 7) is 7.72. The monoisotopic (exact) mass is 288 g/mol. The van der Waals surface area contributed by atoms with Gasteiger partial charge in [0.05, 0.1) is 5.41 Å². The predicted octanol–water partition coefficient (Wildman–Crippen LogP) is 4.12. The van der Waals surface area contributed by atoms with Gasteiger partial charge in [0.1, 0.15) is 6.54 Å². The van der Waals surface area contributed by atoms with Crippen LogP contribution in [0.1, 0.15) is 58.4 Å². The van der Waals surface area contributed by atoms with Crippen molar-refractivity contribution in [2.45, 2.75) is 58.3 Å². The molecule has 0 aromatic heterocycles. The van der Waals surface area contributed by atoms with E-state index in [1.54, 1.807) is 0 Å². The number of nitrogens with zero attached hydrogens (tertiary/aromatic N) is 1. The molecule has 1 atom stereocenters. The van der Waals surface area contributed by atoms with E-state index in [1.807, 2.05) is 0 Å². The van der Waals surface area contributed by atoms with Gasteiger partial charge < -0.3 is 5.11 Å². The highest BCUT2D eigenvalue weighted by Gasteiger charge is 2.45. The molecule has 1 aliphatic rings. The van der Waals surface area contributed by atoms with Crippen LogP contribution in [0.4, 0.5) is 5.69 Å². The smallest absolute Gasteiger partial charge is 0.303 e. The highest BCUT2D eigenvalue weighted by molar-refractivity contribution is 5.93. The Bertz CT molecular complexity index is 562. The number of unbranched alkanes of at least 4 members (excludes halogenated alkanes) is 1. The Morgan fingerprint density at radius 3 is 2.67 bits per heavy atom. The third kappa shape index (κ3) is 3.02. The Balaban J connectivity index is 2.31. The maximum Gasteiger partial charge on any atom is 0.303 e. The highest BCUT2D eigenvalue weighted by Crippen LogP contribution is 2.42.